The standard InChI is InChI=1S/C10H21N5O2/c1-13(3-2-9(11)16)8-10(17)14-4-6-15(12)7-5-14/h2-8,12H2,1H3,(H2,11,16). The Balaban J connectivity index is 2.26. The smallest absolute Gasteiger partial charge is 0.236 e. The molecule has 0 bridgehead atoms. The van der Waals surface area contributed by atoms with E-state index in [4.69, 9.17) is 11.6 Å². The molecule has 0 aliphatic carbocycles. The molecule has 0 saturated carbocycles. The maximum Gasteiger partial charge on any atom is 0.236 e. The van der Waals surface area contributed by atoms with Crippen molar-refractivity contribution in [2.45, 2.75) is 6.42 Å². The Hall–Kier alpha value is -1.18. The Morgan fingerprint density at radius 1 is 1.24 bits per heavy atom. The molecule has 0 aromatic carbocycles. The number of amides is 2. The first kappa shape index (κ1) is 13.9. The minimum Gasteiger partial charge on any atom is -0.370 e. The summed E-state index contributed by atoms with van der Waals surface area (Å²) in [6, 6.07) is 0. The van der Waals surface area contributed by atoms with Crippen LogP contribution in [0.4, 0.5) is 0 Å². The highest BCUT2D eigenvalue weighted by Gasteiger charge is 2.20. The van der Waals surface area contributed by atoms with Crippen molar-refractivity contribution in [1.82, 2.24) is 14.8 Å². The zero-order chi connectivity index (χ0) is 12.8. The molecule has 4 N–H and O–H groups in total. The van der Waals surface area contributed by atoms with Gasteiger partial charge in [0.15, 0.2) is 0 Å². The van der Waals surface area contributed by atoms with Crippen molar-refractivity contribution in [1.29, 1.82) is 0 Å². The molecular formula is C10H21N5O2. The van der Waals surface area contributed by atoms with Crippen LogP contribution in [0.25, 0.3) is 0 Å². The first-order valence-corrected chi connectivity index (χ1v) is 5.73. The second-order valence-electron chi connectivity index (χ2n) is 4.37. The molecule has 1 saturated heterocycles. The SMILES string of the molecule is CN(CCC(N)=O)CC(=O)N1CCN(N)CC1. The van der Waals surface area contributed by atoms with Gasteiger partial charge in [-0.25, -0.2) is 5.01 Å². The Bertz CT molecular complexity index is 276. The van der Waals surface area contributed by atoms with Crippen LogP contribution in [0.5, 0.6) is 0 Å². The van der Waals surface area contributed by atoms with Crippen LogP contribution in [0.2, 0.25) is 0 Å². The van der Waals surface area contributed by atoms with E-state index in [2.05, 4.69) is 0 Å². The van der Waals surface area contributed by atoms with Gasteiger partial charge in [0.2, 0.25) is 11.8 Å². The van der Waals surface area contributed by atoms with Crippen molar-refractivity contribution < 1.29 is 9.59 Å². The Kier molecular flexibility index (Phi) is 5.33. The van der Waals surface area contributed by atoms with Gasteiger partial charge in [-0.3, -0.25) is 20.3 Å². The summed E-state index contributed by atoms with van der Waals surface area (Å²) in [5.41, 5.74) is 5.05. The molecule has 0 atom stereocenters. The van der Waals surface area contributed by atoms with Crippen molar-refractivity contribution in [3.8, 4) is 0 Å². The van der Waals surface area contributed by atoms with Crippen molar-refractivity contribution in [2.75, 3.05) is 46.3 Å². The lowest BCUT2D eigenvalue weighted by Gasteiger charge is -2.33. The first-order chi connectivity index (χ1) is 7.99. The van der Waals surface area contributed by atoms with Crippen molar-refractivity contribution in [3.05, 3.63) is 0 Å². The largest absolute Gasteiger partial charge is 0.370 e. The molecule has 0 aromatic rings. The quantitative estimate of drug-likeness (QED) is 0.535. The molecule has 1 aliphatic heterocycles. The zero-order valence-corrected chi connectivity index (χ0v) is 10.3. The Labute approximate surface area is 101 Å². The lowest BCUT2D eigenvalue weighted by Crippen LogP contribution is -2.53. The third kappa shape index (κ3) is 5.12. The number of hydrazine groups is 1. The van der Waals surface area contributed by atoms with Gasteiger partial charge in [0.05, 0.1) is 6.54 Å². The van der Waals surface area contributed by atoms with Crippen molar-refractivity contribution in [3.63, 3.8) is 0 Å². The van der Waals surface area contributed by atoms with Gasteiger partial charge in [-0.05, 0) is 7.05 Å². The van der Waals surface area contributed by atoms with E-state index in [1.165, 1.54) is 0 Å². The van der Waals surface area contributed by atoms with Crippen LogP contribution in [0, 0.1) is 0 Å². The number of hydrogen-bond acceptors (Lipinski definition) is 5. The summed E-state index contributed by atoms with van der Waals surface area (Å²) in [7, 11) is 1.81. The number of nitrogens with zero attached hydrogens (tertiary/aromatic N) is 3. The van der Waals surface area contributed by atoms with Crippen LogP contribution < -0.4 is 11.6 Å². The number of likely N-dealkylation sites (N-methyl/N-ethyl adjacent to an activating group) is 1. The van der Waals surface area contributed by atoms with E-state index < -0.39 is 0 Å². The summed E-state index contributed by atoms with van der Waals surface area (Å²) in [6.45, 7) is 3.57. The highest BCUT2D eigenvalue weighted by Crippen LogP contribution is 1.99. The fourth-order valence-electron chi connectivity index (χ4n) is 1.68. The molecule has 98 valence electrons. The van der Waals surface area contributed by atoms with E-state index in [1.807, 2.05) is 4.90 Å². The van der Waals surface area contributed by atoms with Crippen LogP contribution in [-0.4, -0.2) is 72.9 Å². The monoisotopic (exact) mass is 243 g/mol. The normalized spacial score (nSPS) is 17.5. The summed E-state index contributed by atoms with van der Waals surface area (Å²) < 4.78 is 0. The molecular weight excluding hydrogens is 222 g/mol. The van der Waals surface area contributed by atoms with Crippen LogP contribution >= 0.6 is 0 Å². The molecule has 0 aromatic heterocycles. The zero-order valence-electron chi connectivity index (χ0n) is 10.3. The van der Waals surface area contributed by atoms with E-state index >= 15 is 0 Å². The van der Waals surface area contributed by atoms with Crippen molar-refractivity contribution in [2.24, 2.45) is 11.6 Å². The second kappa shape index (κ2) is 6.53. The Morgan fingerprint density at radius 3 is 2.35 bits per heavy atom. The van der Waals surface area contributed by atoms with E-state index in [0.29, 0.717) is 39.3 Å². The van der Waals surface area contributed by atoms with Crippen LogP contribution in [0.3, 0.4) is 0 Å². The van der Waals surface area contributed by atoms with Gasteiger partial charge in [0.1, 0.15) is 0 Å². The highest BCUT2D eigenvalue weighted by molar-refractivity contribution is 5.78. The summed E-state index contributed by atoms with van der Waals surface area (Å²) in [5.74, 6) is 5.34. The van der Waals surface area contributed by atoms with Gasteiger partial charge in [0, 0.05) is 39.1 Å². The molecule has 1 heterocycles. The highest BCUT2D eigenvalue weighted by atomic mass is 16.2. The molecule has 2 amide bonds. The van der Waals surface area contributed by atoms with Gasteiger partial charge in [0.25, 0.3) is 0 Å². The van der Waals surface area contributed by atoms with Crippen molar-refractivity contribution >= 4 is 11.8 Å². The molecule has 1 aliphatic rings. The summed E-state index contributed by atoms with van der Waals surface area (Å²) in [4.78, 5) is 26.1. The molecule has 0 unspecified atom stereocenters. The number of nitrogens with two attached hydrogens (primary N) is 2. The first-order valence-electron chi connectivity index (χ1n) is 5.73. The number of carbonyl (C=O) groups excluding carboxylic acids is 2. The van der Waals surface area contributed by atoms with Crippen LogP contribution in [0.1, 0.15) is 6.42 Å². The second-order valence-corrected chi connectivity index (χ2v) is 4.37. The third-order valence-electron chi connectivity index (χ3n) is 2.81. The third-order valence-corrected chi connectivity index (χ3v) is 2.81. The van der Waals surface area contributed by atoms with Gasteiger partial charge in [-0.2, -0.15) is 0 Å². The molecule has 1 rings (SSSR count). The molecule has 1 fully saturated rings. The van der Waals surface area contributed by atoms with Gasteiger partial charge in [-0.1, -0.05) is 0 Å². The fourth-order valence-corrected chi connectivity index (χ4v) is 1.68. The minimum absolute atomic E-state index is 0.0741. The maximum absolute atomic E-state index is 11.9. The number of rotatable bonds is 5. The molecule has 7 nitrogen and oxygen atoms in total. The lowest BCUT2D eigenvalue weighted by molar-refractivity contribution is -0.134. The van der Waals surface area contributed by atoms with E-state index in [9.17, 15) is 9.59 Å². The number of hydrogen-bond donors (Lipinski definition) is 2. The molecule has 0 radical (unpaired) electrons. The van der Waals surface area contributed by atoms with E-state index in [-0.39, 0.29) is 18.2 Å². The number of piperazine rings is 1. The van der Waals surface area contributed by atoms with Gasteiger partial charge < -0.3 is 10.6 Å². The molecule has 17 heavy (non-hydrogen) atoms. The molecule has 0 spiro atoms. The van der Waals surface area contributed by atoms with Crippen LogP contribution in [0.15, 0.2) is 0 Å². The molecule has 7 heteroatoms. The number of primary amides is 1. The summed E-state index contributed by atoms with van der Waals surface area (Å²) in [6.07, 6.45) is 0.278. The maximum atomic E-state index is 11.9. The van der Waals surface area contributed by atoms with Gasteiger partial charge >= 0.3 is 0 Å². The lowest BCUT2D eigenvalue weighted by atomic mass is 10.3. The predicted octanol–water partition coefficient (Wildman–Crippen LogP) is -2.19. The van der Waals surface area contributed by atoms with Crippen LogP contribution in [-0.2, 0) is 9.59 Å². The van der Waals surface area contributed by atoms with E-state index in [0.717, 1.165) is 0 Å². The average Bonchev–Trinajstić information content (AvgIpc) is 2.27. The fraction of sp³-hybridized carbons (Fsp3) is 0.800. The van der Waals surface area contributed by atoms with E-state index in [1.54, 1.807) is 17.0 Å². The van der Waals surface area contributed by atoms with Gasteiger partial charge in [-0.15, -0.1) is 0 Å². The number of carbonyl (C=O) groups is 2. The Morgan fingerprint density at radius 2 is 1.82 bits per heavy atom. The average molecular weight is 243 g/mol. The predicted molar refractivity (Wildman–Crippen MR) is 63.6 cm³/mol. The summed E-state index contributed by atoms with van der Waals surface area (Å²) in [5, 5.41) is 1.71. The summed E-state index contributed by atoms with van der Waals surface area (Å²) >= 11 is 0. The minimum atomic E-state index is -0.346. The topological polar surface area (TPSA) is 95.9 Å².